The van der Waals surface area contributed by atoms with Gasteiger partial charge in [-0.15, -0.1) is 0 Å². The predicted molar refractivity (Wildman–Crippen MR) is 263 cm³/mol. The van der Waals surface area contributed by atoms with Gasteiger partial charge in [0, 0.05) is 13.0 Å². The molecule has 0 radical (unpaired) electrons. The number of hydrogen-bond donors (Lipinski definition) is 0. The third-order valence-corrected chi connectivity index (χ3v) is 12.4. The molecule has 9 heteroatoms. The van der Waals surface area contributed by atoms with Crippen molar-refractivity contribution < 1.29 is 37.3 Å². The van der Waals surface area contributed by atoms with Gasteiger partial charge in [-0.25, -0.2) is 0 Å². The van der Waals surface area contributed by atoms with Crippen LogP contribution in [-0.4, -0.2) is 70.7 Å². The maximum absolute atomic E-state index is 12.8. The zero-order chi connectivity index (χ0) is 45.5. The second-order valence-electron chi connectivity index (χ2n) is 18.9. The molecule has 2 unspecified atom stereocenters. The second kappa shape index (κ2) is 46.3. The molecule has 0 fully saturated rings. The molecule has 0 bridgehead atoms. The molecule has 8 nitrogen and oxygen atoms in total. The van der Waals surface area contributed by atoms with Crippen LogP contribution in [0, 0.1) is 0 Å². The van der Waals surface area contributed by atoms with Crippen molar-refractivity contribution in [3.05, 3.63) is 36.5 Å². The average Bonchev–Trinajstić information content (AvgIpc) is 3.23. The van der Waals surface area contributed by atoms with Crippen molar-refractivity contribution in [1.29, 1.82) is 0 Å². The van der Waals surface area contributed by atoms with Crippen LogP contribution in [-0.2, 0) is 27.9 Å². The quantitative estimate of drug-likeness (QED) is 0.0197. The number of phosphoric ester groups is 1. The summed E-state index contributed by atoms with van der Waals surface area (Å²) in [7, 11) is 1.36. The lowest BCUT2D eigenvalue weighted by atomic mass is 10.1. The van der Waals surface area contributed by atoms with Gasteiger partial charge in [0.15, 0.2) is 0 Å². The normalized spacial score (nSPS) is 13.8. The molecule has 366 valence electrons. The van der Waals surface area contributed by atoms with Crippen LogP contribution < -0.4 is 4.89 Å². The van der Waals surface area contributed by atoms with Gasteiger partial charge in [0.1, 0.15) is 19.3 Å². The first-order chi connectivity index (χ1) is 30.1. The Bertz CT molecular complexity index is 1090. The molecular weight excluding hydrogens is 794 g/mol. The zero-order valence-electron chi connectivity index (χ0n) is 41.6. The Hall–Kier alpha value is -1.28. The molecular formula is C53H102NO7P. The number of ether oxygens (including phenoxy) is 2. The zero-order valence-corrected chi connectivity index (χ0v) is 42.5. The van der Waals surface area contributed by atoms with E-state index in [4.69, 9.17) is 18.5 Å². The van der Waals surface area contributed by atoms with E-state index in [2.05, 4.69) is 50.3 Å². The highest BCUT2D eigenvalue weighted by Gasteiger charge is 2.20. The van der Waals surface area contributed by atoms with Gasteiger partial charge < -0.3 is 27.9 Å². The molecule has 0 heterocycles. The van der Waals surface area contributed by atoms with Crippen LogP contribution in [0.3, 0.4) is 0 Å². The molecule has 0 aliphatic carbocycles. The molecule has 0 aromatic rings. The van der Waals surface area contributed by atoms with E-state index in [0.29, 0.717) is 24.1 Å². The lowest BCUT2D eigenvalue weighted by Gasteiger charge is -2.28. The van der Waals surface area contributed by atoms with Crippen LogP contribution >= 0.6 is 7.82 Å². The number of allylic oxidation sites excluding steroid dienone is 6. The first-order valence-electron chi connectivity index (χ1n) is 26.2. The van der Waals surface area contributed by atoms with E-state index in [1.54, 1.807) is 0 Å². The van der Waals surface area contributed by atoms with Crippen LogP contribution in [0.2, 0.25) is 0 Å². The van der Waals surface area contributed by atoms with Gasteiger partial charge in [-0.3, -0.25) is 9.36 Å². The van der Waals surface area contributed by atoms with Crippen molar-refractivity contribution in [2.24, 2.45) is 0 Å². The smallest absolute Gasteiger partial charge is 0.306 e. The maximum Gasteiger partial charge on any atom is 0.306 e. The predicted octanol–water partition coefficient (Wildman–Crippen LogP) is 15.5. The molecule has 0 aliphatic heterocycles. The first kappa shape index (κ1) is 60.7. The highest BCUT2D eigenvalue weighted by Crippen LogP contribution is 2.38. The molecule has 0 amide bonds. The Morgan fingerprint density at radius 3 is 1.32 bits per heavy atom. The van der Waals surface area contributed by atoms with Crippen molar-refractivity contribution in [2.75, 3.05) is 54.1 Å². The van der Waals surface area contributed by atoms with E-state index in [0.717, 1.165) is 38.5 Å². The number of unbranched alkanes of at least 4 members (excludes halogenated alkanes) is 29. The average molecular weight is 896 g/mol. The fraction of sp³-hybridized carbons (Fsp3) is 0.868. The summed E-state index contributed by atoms with van der Waals surface area (Å²) in [6, 6.07) is 0. The maximum atomic E-state index is 12.8. The van der Waals surface area contributed by atoms with Gasteiger partial charge >= 0.3 is 5.97 Å². The largest absolute Gasteiger partial charge is 0.756 e. The summed E-state index contributed by atoms with van der Waals surface area (Å²) in [5.74, 6) is -0.337. The van der Waals surface area contributed by atoms with Crippen LogP contribution in [0.4, 0.5) is 0 Å². The number of hydrogen-bond acceptors (Lipinski definition) is 7. The number of carbonyl (C=O) groups is 1. The second-order valence-corrected chi connectivity index (χ2v) is 20.3. The molecule has 0 saturated heterocycles. The molecule has 0 rings (SSSR count). The number of quaternary nitrogens is 1. The number of esters is 1. The van der Waals surface area contributed by atoms with Crippen LogP contribution in [0.5, 0.6) is 0 Å². The Labute approximate surface area is 385 Å². The molecule has 0 N–H and O–H groups in total. The van der Waals surface area contributed by atoms with Gasteiger partial charge in [-0.1, -0.05) is 198 Å². The van der Waals surface area contributed by atoms with E-state index in [1.165, 1.54) is 180 Å². The summed E-state index contributed by atoms with van der Waals surface area (Å²) in [5.41, 5.74) is 0. The van der Waals surface area contributed by atoms with Crippen molar-refractivity contribution in [3.8, 4) is 0 Å². The SMILES string of the molecule is CCCCCCC/C=C\C/C=C\CCCCCCCCCCCC(=O)OC(COCCCCCCCCCC/C=C\CCCCCCCCC)COP(=O)([O-])OCC[N+](C)(C)C. The standard InChI is InChI=1S/C53H102NO7P/c1-6-8-10-12-14-16-18-20-22-24-26-27-28-30-32-34-36-38-40-42-44-46-53(55)61-52(51-60-62(56,57)59-49-47-54(3,4)5)50-58-48-45-43-41-39-37-35-33-31-29-25-23-21-19-17-15-13-11-9-7-2/h18,20,23-26,52H,6-17,19,21-22,27-51H2,1-5H3/b20-18-,25-23-,26-24-. The molecule has 2 atom stereocenters. The summed E-state index contributed by atoms with van der Waals surface area (Å²) in [6.07, 6.45) is 55.9. The van der Waals surface area contributed by atoms with E-state index < -0.39 is 13.9 Å². The Balaban J connectivity index is 4.14. The fourth-order valence-corrected chi connectivity index (χ4v) is 8.07. The number of likely N-dealkylation sites (N-methyl/N-ethyl adjacent to an activating group) is 1. The van der Waals surface area contributed by atoms with E-state index in [1.807, 2.05) is 21.1 Å². The first-order valence-corrected chi connectivity index (χ1v) is 27.7. The molecule has 0 aliphatic rings. The summed E-state index contributed by atoms with van der Waals surface area (Å²) in [5, 5.41) is 0. The third-order valence-electron chi connectivity index (χ3n) is 11.4. The van der Waals surface area contributed by atoms with Gasteiger partial charge in [-0.2, -0.15) is 0 Å². The van der Waals surface area contributed by atoms with Gasteiger partial charge in [-0.05, 0) is 70.6 Å². The Morgan fingerprint density at radius 1 is 0.500 bits per heavy atom. The van der Waals surface area contributed by atoms with Crippen molar-refractivity contribution in [1.82, 2.24) is 0 Å². The molecule has 0 spiro atoms. The van der Waals surface area contributed by atoms with E-state index >= 15 is 0 Å². The number of carbonyl (C=O) groups excluding carboxylic acids is 1. The van der Waals surface area contributed by atoms with Crippen LogP contribution in [0.15, 0.2) is 36.5 Å². The molecule has 0 aromatic carbocycles. The van der Waals surface area contributed by atoms with Crippen LogP contribution in [0.25, 0.3) is 0 Å². The van der Waals surface area contributed by atoms with Crippen LogP contribution in [0.1, 0.15) is 239 Å². The fourth-order valence-electron chi connectivity index (χ4n) is 7.34. The summed E-state index contributed by atoms with van der Waals surface area (Å²) in [4.78, 5) is 25.2. The summed E-state index contributed by atoms with van der Waals surface area (Å²) >= 11 is 0. The Kier molecular flexibility index (Phi) is 45.3. The lowest BCUT2D eigenvalue weighted by Crippen LogP contribution is -2.37. The number of rotatable bonds is 49. The molecule has 62 heavy (non-hydrogen) atoms. The highest BCUT2D eigenvalue weighted by molar-refractivity contribution is 7.45. The monoisotopic (exact) mass is 896 g/mol. The lowest BCUT2D eigenvalue weighted by molar-refractivity contribution is -0.870. The third kappa shape index (κ3) is 49.7. The van der Waals surface area contributed by atoms with Gasteiger partial charge in [0.2, 0.25) is 0 Å². The van der Waals surface area contributed by atoms with Crippen molar-refractivity contribution in [2.45, 2.75) is 245 Å². The number of phosphoric acid groups is 1. The summed E-state index contributed by atoms with van der Waals surface area (Å²) < 4.78 is 34.8. The Morgan fingerprint density at radius 2 is 0.887 bits per heavy atom. The van der Waals surface area contributed by atoms with Crippen molar-refractivity contribution in [3.63, 3.8) is 0 Å². The van der Waals surface area contributed by atoms with Gasteiger partial charge in [0.25, 0.3) is 7.82 Å². The minimum absolute atomic E-state index is 0.0250. The minimum atomic E-state index is -4.53. The molecule has 0 saturated carbocycles. The summed E-state index contributed by atoms with van der Waals surface area (Å²) in [6.45, 7) is 5.42. The van der Waals surface area contributed by atoms with E-state index in [-0.39, 0.29) is 25.8 Å². The highest BCUT2D eigenvalue weighted by atomic mass is 31.2. The molecule has 0 aromatic heterocycles. The number of nitrogens with zero attached hydrogens (tertiary/aromatic N) is 1. The topological polar surface area (TPSA) is 94.1 Å². The van der Waals surface area contributed by atoms with E-state index in [9.17, 15) is 14.3 Å². The minimum Gasteiger partial charge on any atom is -0.756 e. The van der Waals surface area contributed by atoms with Crippen molar-refractivity contribution >= 4 is 13.8 Å². The van der Waals surface area contributed by atoms with Gasteiger partial charge in [0.05, 0.1) is 34.4 Å².